The number of likely N-dealkylation sites (tertiary alicyclic amines) is 1. The van der Waals surface area contributed by atoms with Crippen molar-refractivity contribution in [3.63, 3.8) is 0 Å². The minimum atomic E-state index is -1.43. The van der Waals surface area contributed by atoms with Crippen molar-refractivity contribution in [1.82, 2.24) is 4.90 Å². The highest BCUT2D eigenvalue weighted by molar-refractivity contribution is 6.58. The Morgan fingerprint density at radius 1 is 1.29 bits per heavy atom. The number of benzene rings is 1. The summed E-state index contributed by atoms with van der Waals surface area (Å²) in [6.07, 6.45) is 3.67. The van der Waals surface area contributed by atoms with Crippen LogP contribution in [0.4, 0.5) is 0 Å². The molecule has 21 heavy (non-hydrogen) atoms. The van der Waals surface area contributed by atoms with E-state index in [1.807, 2.05) is 12.1 Å². The predicted molar refractivity (Wildman–Crippen MR) is 85.7 cm³/mol. The molecule has 0 spiro atoms. The van der Waals surface area contributed by atoms with Crippen LogP contribution in [0.1, 0.15) is 38.7 Å². The first-order chi connectivity index (χ1) is 10.0. The molecule has 116 valence electrons. The molecular weight excluding hydrogens is 265 g/mol. The van der Waals surface area contributed by atoms with Crippen LogP contribution in [0.2, 0.25) is 0 Å². The van der Waals surface area contributed by atoms with E-state index in [1.54, 1.807) is 13.2 Å². The Labute approximate surface area is 127 Å². The molecule has 1 aromatic rings. The van der Waals surface area contributed by atoms with E-state index < -0.39 is 7.12 Å². The van der Waals surface area contributed by atoms with Gasteiger partial charge in [-0.15, -0.1) is 0 Å². The summed E-state index contributed by atoms with van der Waals surface area (Å²) in [6, 6.07) is 5.34. The average molecular weight is 291 g/mol. The maximum absolute atomic E-state index is 9.33. The molecular formula is C16H26BNO3. The molecule has 1 heterocycles. The van der Waals surface area contributed by atoms with Crippen molar-refractivity contribution < 1.29 is 14.8 Å². The molecule has 1 aromatic carbocycles. The van der Waals surface area contributed by atoms with Crippen LogP contribution in [0.15, 0.2) is 18.2 Å². The molecule has 1 aliphatic heterocycles. The quantitative estimate of drug-likeness (QED) is 0.778. The molecule has 0 atom stereocenters. The highest BCUT2D eigenvalue weighted by Gasteiger charge is 2.35. The number of hydrogen-bond donors (Lipinski definition) is 2. The molecule has 2 rings (SSSR count). The second-order valence-corrected chi connectivity index (χ2v) is 6.11. The van der Waals surface area contributed by atoms with E-state index in [1.165, 1.54) is 19.3 Å². The van der Waals surface area contributed by atoms with Crippen molar-refractivity contribution >= 4 is 12.6 Å². The van der Waals surface area contributed by atoms with Gasteiger partial charge in [-0.2, -0.15) is 0 Å². The Kier molecular flexibility index (Phi) is 5.30. The zero-order chi connectivity index (χ0) is 15.5. The van der Waals surface area contributed by atoms with Gasteiger partial charge in [0.15, 0.2) is 0 Å². The standard InChI is InChI=1S/C16H26BNO3/c1-4-16(5-2)8-9-18(12-16)11-13-10-14(17(19)20)6-7-15(13)21-3/h6-7,10,19-20H,4-5,8-9,11-12H2,1-3H3. The fourth-order valence-electron chi connectivity index (χ4n) is 3.31. The molecule has 0 radical (unpaired) electrons. The van der Waals surface area contributed by atoms with Crippen LogP contribution in [0.25, 0.3) is 0 Å². The normalized spacial score (nSPS) is 18.0. The van der Waals surface area contributed by atoms with E-state index in [4.69, 9.17) is 4.74 Å². The van der Waals surface area contributed by atoms with Crippen molar-refractivity contribution in [2.45, 2.75) is 39.7 Å². The number of methoxy groups -OCH3 is 1. The number of rotatable bonds is 6. The Balaban J connectivity index is 2.14. The van der Waals surface area contributed by atoms with Gasteiger partial charge < -0.3 is 14.8 Å². The monoisotopic (exact) mass is 291 g/mol. The van der Waals surface area contributed by atoms with E-state index in [2.05, 4.69) is 18.7 Å². The van der Waals surface area contributed by atoms with Gasteiger partial charge in [-0.3, -0.25) is 4.90 Å². The SMILES string of the molecule is CCC1(CC)CCN(Cc2cc(B(O)O)ccc2OC)C1. The van der Waals surface area contributed by atoms with Gasteiger partial charge in [0.1, 0.15) is 5.75 Å². The highest BCUT2D eigenvalue weighted by atomic mass is 16.5. The van der Waals surface area contributed by atoms with Crippen molar-refractivity contribution in [2.75, 3.05) is 20.2 Å². The first kappa shape index (κ1) is 16.3. The number of hydrogen-bond acceptors (Lipinski definition) is 4. The van der Waals surface area contributed by atoms with Crippen LogP contribution in [-0.4, -0.2) is 42.3 Å². The maximum Gasteiger partial charge on any atom is 0.488 e. The molecule has 1 fully saturated rings. The predicted octanol–water partition coefficient (Wildman–Crippen LogP) is 1.39. The van der Waals surface area contributed by atoms with Crippen molar-refractivity contribution in [3.8, 4) is 5.75 Å². The molecule has 0 amide bonds. The summed E-state index contributed by atoms with van der Waals surface area (Å²) >= 11 is 0. The Hall–Kier alpha value is -1.04. The van der Waals surface area contributed by atoms with Crippen LogP contribution in [0.3, 0.4) is 0 Å². The molecule has 2 N–H and O–H groups in total. The third kappa shape index (κ3) is 3.60. The van der Waals surface area contributed by atoms with E-state index in [9.17, 15) is 10.0 Å². The number of ether oxygens (including phenoxy) is 1. The van der Waals surface area contributed by atoms with Crippen LogP contribution >= 0.6 is 0 Å². The molecule has 1 saturated heterocycles. The van der Waals surface area contributed by atoms with Crippen LogP contribution in [0, 0.1) is 5.41 Å². The van der Waals surface area contributed by atoms with E-state index in [0.29, 0.717) is 10.9 Å². The molecule has 4 nitrogen and oxygen atoms in total. The second kappa shape index (κ2) is 6.82. The Morgan fingerprint density at radius 3 is 2.52 bits per heavy atom. The largest absolute Gasteiger partial charge is 0.496 e. The van der Waals surface area contributed by atoms with E-state index in [0.717, 1.165) is 30.9 Å². The Morgan fingerprint density at radius 2 is 2.00 bits per heavy atom. The van der Waals surface area contributed by atoms with Crippen LogP contribution in [-0.2, 0) is 6.54 Å². The number of nitrogens with zero attached hydrogens (tertiary/aromatic N) is 1. The topological polar surface area (TPSA) is 52.9 Å². The van der Waals surface area contributed by atoms with Crippen molar-refractivity contribution in [3.05, 3.63) is 23.8 Å². The summed E-state index contributed by atoms with van der Waals surface area (Å²) in [5.41, 5.74) is 1.98. The third-order valence-electron chi connectivity index (χ3n) is 5.01. The van der Waals surface area contributed by atoms with Gasteiger partial charge in [0.2, 0.25) is 0 Å². The lowest BCUT2D eigenvalue weighted by molar-refractivity contribution is 0.234. The van der Waals surface area contributed by atoms with Crippen LogP contribution < -0.4 is 10.2 Å². The van der Waals surface area contributed by atoms with Gasteiger partial charge in [0, 0.05) is 18.7 Å². The van der Waals surface area contributed by atoms with Crippen LogP contribution in [0.5, 0.6) is 5.75 Å². The average Bonchev–Trinajstić information content (AvgIpc) is 2.91. The molecule has 0 unspecified atom stereocenters. The van der Waals surface area contributed by atoms with E-state index >= 15 is 0 Å². The van der Waals surface area contributed by atoms with Gasteiger partial charge in [-0.05, 0) is 42.8 Å². The van der Waals surface area contributed by atoms with Crippen molar-refractivity contribution in [1.29, 1.82) is 0 Å². The zero-order valence-electron chi connectivity index (χ0n) is 13.3. The first-order valence-electron chi connectivity index (χ1n) is 7.79. The summed E-state index contributed by atoms with van der Waals surface area (Å²) in [4.78, 5) is 2.44. The van der Waals surface area contributed by atoms with E-state index in [-0.39, 0.29) is 0 Å². The zero-order valence-corrected chi connectivity index (χ0v) is 13.3. The summed E-state index contributed by atoms with van der Waals surface area (Å²) < 4.78 is 5.41. The summed E-state index contributed by atoms with van der Waals surface area (Å²) in [6.45, 7) is 7.55. The summed E-state index contributed by atoms with van der Waals surface area (Å²) in [5.74, 6) is 0.810. The smallest absolute Gasteiger partial charge is 0.488 e. The molecule has 0 aliphatic carbocycles. The van der Waals surface area contributed by atoms with Gasteiger partial charge in [0.25, 0.3) is 0 Å². The van der Waals surface area contributed by atoms with Gasteiger partial charge in [0.05, 0.1) is 7.11 Å². The second-order valence-electron chi connectivity index (χ2n) is 6.11. The van der Waals surface area contributed by atoms with Gasteiger partial charge >= 0.3 is 7.12 Å². The molecule has 0 saturated carbocycles. The minimum absolute atomic E-state index is 0.446. The lowest BCUT2D eigenvalue weighted by Gasteiger charge is -2.26. The van der Waals surface area contributed by atoms with Crippen molar-refractivity contribution in [2.24, 2.45) is 5.41 Å². The molecule has 5 heteroatoms. The summed E-state index contributed by atoms with van der Waals surface area (Å²) in [7, 11) is 0.221. The molecule has 1 aliphatic rings. The summed E-state index contributed by atoms with van der Waals surface area (Å²) in [5, 5.41) is 18.7. The lowest BCUT2D eigenvalue weighted by atomic mass is 9.79. The lowest BCUT2D eigenvalue weighted by Crippen LogP contribution is -2.31. The first-order valence-corrected chi connectivity index (χ1v) is 7.79. The maximum atomic E-state index is 9.33. The fraction of sp³-hybridized carbons (Fsp3) is 0.625. The minimum Gasteiger partial charge on any atom is -0.496 e. The highest BCUT2D eigenvalue weighted by Crippen LogP contribution is 2.37. The Bertz CT molecular complexity index is 475. The molecule has 0 aromatic heterocycles. The van der Waals surface area contributed by atoms with Gasteiger partial charge in [-0.25, -0.2) is 0 Å². The molecule has 0 bridgehead atoms. The van der Waals surface area contributed by atoms with Gasteiger partial charge in [-0.1, -0.05) is 26.0 Å². The third-order valence-corrected chi connectivity index (χ3v) is 5.01. The fourth-order valence-corrected chi connectivity index (χ4v) is 3.31.